The number of hydrogen-bond donors (Lipinski definition) is 1. The van der Waals surface area contributed by atoms with Gasteiger partial charge in [0.15, 0.2) is 0 Å². The molecular formula is C10H9BrFN. The first-order valence-corrected chi connectivity index (χ1v) is 4.96. The molecule has 0 aliphatic carbocycles. The van der Waals surface area contributed by atoms with Crippen molar-refractivity contribution in [3.8, 4) is 0 Å². The smallest absolute Gasteiger partial charge is 0.133 e. The van der Waals surface area contributed by atoms with Crippen LogP contribution in [-0.4, -0.2) is 4.98 Å². The van der Waals surface area contributed by atoms with E-state index in [1.807, 2.05) is 19.2 Å². The molecule has 0 amide bonds. The Kier molecular flexibility index (Phi) is 2.12. The lowest BCUT2D eigenvalue weighted by Gasteiger charge is -1.97. The van der Waals surface area contributed by atoms with Crippen LogP contribution in [0.4, 0.5) is 4.39 Å². The minimum absolute atomic E-state index is 0.164. The van der Waals surface area contributed by atoms with E-state index in [2.05, 4.69) is 20.9 Å². The zero-order chi connectivity index (χ0) is 9.42. The van der Waals surface area contributed by atoms with Crippen molar-refractivity contribution < 1.29 is 4.39 Å². The van der Waals surface area contributed by atoms with Gasteiger partial charge in [0, 0.05) is 21.6 Å². The third kappa shape index (κ3) is 1.37. The second-order valence-electron chi connectivity index (χ2n) is 2.98. The lowest BCUT2D eigenvalue weighted by atomic mass is 10.1. The molecule has 1 nitrogen and oxygen atoms in total. The molecule has 0 radical (unpaired) electrons. The zero-order valence-corrected chi connectivity index (χ0v) is 8.78. The van der Waals surface area contributed by atoms with Crippen molar-refractivity contribution in [3.63, 3.8) is 0 Å². The van der Waals surface area contributed by atoms with Gasteiger partial charge in [-0.2, -0.15) is 0 Å². The summed E-state index contributed by atoms with van der Waals surface area (Å²) in [7, 11) is 0. The van der Waals surface area contributed by atoms with Crippen LogP contribution >= 0.6 is 15.9 Å². The molecule has 1 heterocycles. The fraction of sp³-hybridized carbons (Fsp3) is 0.200. The predicted molar refractivity (Wildman–Crippen MR) is 55.3 cm³/mol. The van der Waals surface area contributed by atoms with Crippen LogP contribution in [0, 0.1) is 5.82 Å². The average Bonchev–Trinajstić information content (AvgIpc) is 2.47. The summed E-state index contributed by atoms with van der Waals surface area (Å²) in [5, 5.41) is 0.714. The Morgan fingerprint density at radius 1 is 1.46 bits per heavy atom. The highest BCUT2D eigenvalue weighted by molar-refractivity contribution is 9.10. The number of aromatic nitrogens is 1. The lowest BCUT2D eigenvalue weighted by molar-refractivity contribution is 0.638. The monoisotopic (exact) mass is 241 g/mol. The number of H-pyrrole nitrogens is 1. The number of halogens is 2. The van der Waals surface area contributed by atoms with Crippen molar-refractivity contribution >= 4 is 26.8 Å². The normalized spacial score (nSPS) is 11.0. The largest absolute Gasteiger partial charge is 0.361 e. The van der Waals surface area contributed by atoms with Gasteiger partial charge in [0.05, 0.1) is 0 Å². The molecule has 0 aliphatic heterocycles. The fourth-order valence-corrected chi connectivity index (χ4v) is 1.96. The van der Waals surface area contributed by atoms with Crippen molar-refractivity contribution in [2.24, 2.45) is 0 Å². The molecule has 2 aromatic rings. The van der Waals surface area contributed by atoms with Crippen molar-refractivity contribution in [2.75, 3.05) is 0 Å². The Morgan fingerprint density at radius 3 is 2.92 bits per heavy atom. The molecule has 0 atom stereocenters. The van der Waals surface area contributed by atoms with Crippen molar-refractivity contribution in [1.82, 2.24) is 4.98 Å². The lowest BCUT2D eigenvalue weighted by Crippen LogP contribution is -1.81. The first kappa shape index (κ1) is 8.75. The van der Waals surface area contributed by atoms with E-state index in [4.69, 9.17) is 0 Å². The van der Waals surface area contributed by atoms with Crippen molar-refractivity contribution in [2.45, 2.75) is 13.3 Å². The van der Waals surface area contributed by atoms with Gasteiger partial charge in [0.1, 0.15) is 5.82 Å². The topological polar surface area (TPSA) is 15.8 Å². The van der Waals surface area contributed by atoms with Gasteiger partial charge in [-0.1, -0.05) is 22.9 Å². The average molecular weight is 242 g/mol. The van der Waals surface area contributed by atoms with E-state index < -0.39 is 0 Å². The zero-order valence-electron chi connectivity index (χ0n) is 7.20. The van der Waals surface area contributed by atoms with Crippen molar-refractivity contribution in [1.29, 1.82) is 0 Å². The summed E-state index contributed by atoms with van der Waals surface area (Å²) in [6.45, 7) is 2.02. The molecule has 3 heteroatoms. The van der Waals surface area contributed by atoms with E-state index in [-0.39, 0.29) is 5.82 Å². The van der Waals surface area contributed by atoms with Gasteiger partial charge in [-0.05, 0) is 24.1 Å². The maximum atomic E-state index is 13.5. The maximum Gasteiger partial charge on any atom is 0.133 e. The fourth-order valence-electron chi connectivity index (χ4n) is 1.53. The molecule has 68 valence electrons. The number of nitrogens with one attached hydrogen (secondary N) is 1. The summed E-state index contributed by atoms with van der Waals surface area (Å²) < 4.78 is 14.2. The summed E-state index contributed by atoms with van der Waals surface area (Å²) in [6, 6.07) is 3.38. The van der Waals surface area contributed by atoms with Gasteiger partial charge in [-0.15, -0.1) is 0 Å². The maximum absolute atomic E-state index is 13.5. The highest BCUT2D eigenvalue weighted by atomic mass is 79.9. The van der Waals surface area contributed by atoms with Gasteiger partial charge in [-0.25, -0.2) is 4.39 Å². The van der Waals surface area contributed by atoms with E-state index in [0.717, 1.165) is 22.0 Å². The predicted octanol–water partition coefficient (Wildman–Crippen LogP) is 3.63. The Morgan fingerprint density at radius 2 is 2.23 bits per heavy atom. The molecule has 0 fully saturated rings. The Bertz CT molecular complexity index is 447. The number of aromatic amines is 1. The highest BCUT2D eigenvalue weighted by Crippen LogP contribution is 2.25. The van der Waals surface area contributed by atoms with E-state index in [9.17, 15) is 4.39 Å². The third-order valence-electron chi connectivity index (χ3n) is 2.16. The molecule has 0 spiro atoms. The van der Waals surface area contributed by atoms with Crippen LogP contribution in [0.15, 0.2) is 22.8 Å². The van der Waals surface area contributed by atoms with Gasteiger partial charge in [0.25, 0.3) is 0 Å². The summed E-state index contributed by atoms with van der Waals surface area (Å²) in [6.07, 6.45) is 2.71. The van der Waals surface area contributed by atoms with Crippen LogP contribution in [0.5, 0.6) is 0 Å². The van der Waals surface area contributed by atoms with Crippen LogP contribution in [-0.2, 0) is 6.42 Å². The van der Waals surface area contributed by atoms with Crippen LogP contribution in [0.1, 0.15) is 12.5 Å². The quantitative estimate of drug-likeness (QED) is 0.785. The van der Waals surface area contributed by atoms with Crippen LogP contribution < -0.4 is 0 Å². The Hall–Kier alpha value is -0.830. The first-order valence-electron chi connectivity index (χ1n) is 4.17. The van der Waals surface area contributed by atoms with Gasteiger partial charge in [-0.3, -0.25) is 0 Å². The minimum Gasteiger partial charge on any atom is -0.361 e. The molecule has 0 saturated heterocycles. The summed E-state index contributed by atoms with van der Waals surface area (Å²) >= 11 is 3.25. The Balaban J connectivity index is 2.82. The highest BCUT2D eigenvalue weighted by Gasteiger charge is 2.07. The van der Waals surface area contributed by atoms with Crippen LogP contribution in [0.2, 0.25) is 0 Å². The first-order chi connectivity index (χ1) is 6.22. The molecule has 13 heavy (non-hydrogen) atoms. The molecule has 0 saturated carbocycles. The summed E-state index contributed by atoms with van der Waals surface area (Å²) in [4.78, 5) is 3.05. The molecular weight excluding hydrogens is 233 g/mol. The third-order valence-corrected chi connectivity index (χ3v) is 2.62. The van der Waals surface area contributed by atoms with Crippen LogP contribution in [0.25, 0.3) is 10.9 Å². The molecule has 0 unspecified atom stereocenters. The molecule has 2 rings (SSSR count). The van der Waals surface area contributed by atoms with E-state index in [1.165, 1.54) is 6.07 Å². The van der Waals surface area contributed by atoms with Gasteiger partial charge in [0.2, 0.25) is 0 Å². The Labute approximate surface area is 84.1 Å². The second-order valence-corrected chi connectivity index (χ2v) is 3.89. The number of hydrogen-bond acceptors (Lipinski definition) is 0. The van der Waals surface area contributed by atoms with E-state index >= 15 is 0 Å². The molecule has 1 N–H and O–H groups in total. The van der Waals surface area contributed by atoms with Gasteiger partial charge < -0.3 is 4.98 Å². The number of aryl methyl sites for hydroxylation is 1. The van der Waals surface area contributed by atoms with Gasteiger partial charge >= 0.3 is 0 Å². The van der Waals surface area contributed by atoms with Crippen molar-refractivity contribution in [3.05, 3.63) is 34.2 Å². The molecule has 1 aromatic carbocycles. The van der Waals surface area contributed by atoms with E-state index in [1.54, 1.807) is 0 Å². The molecule has 0 bridgehead atoms. The van der Waals surface area contributed by atoms with E-state index in [0.29, 0.717) is 5.39 Å². The summed E-state index contributed by atoms with van der Waals surface area (Å²) in [5.41, 5.74) is 1.88. The molecule has 1 aromatic heterocycles. The van der Waals surface area contributed by atoms with Crippen LogP contribution in [0.3, 0.4) is 0 Å². The molecule has 0 aliphatic rings. The second kappa shape index (κ2) is 3.14. The SMILES string of the molecule is CCc1c[nH]c2cc(Br)cc(F)c12. The number of rotatable bonds is 1. The summed E-state index contributed by atoms with van der Waals surface area (Å²) in [5.74, 6) is -0.164. The number of benzene rings is 1. The number of fused-ring (bicyclic) bond motifs is 1. The minimum atomic E-state index is -0.164. The standard InChI is InChI=1S/C10H9BrFN/c1-2-6-5-13-9-4-7(11)3-8(12)10(6)9/h3-5,13H,2H2,1H3.